The minimum absolute atomic E-state index is 0. The van der Waals surface area contributed by atoms with Crippen LogP contribution in [0.25, 0.3) is 54.9 Å². The van der Waals surface area contributed by atoms with E-state index < -0.39 is 0 Å². The molecule has 0 saturated carbocycles. The second kappa shape index (κ2) is 19.1. The Hall–Kier alpha value is -3.00. The molecule has 0 fully saturated rings. The summed E-state index contributed by atoms with van der Waals surface area (Å²) in [6.07, 6.45) is 0. The molecule has 0 aromatic heterocycles. The van der Waals surface area contributed by atoms with Crippen LogP contribution in [0.2, 0.25) is 0 Å². The molecule has 0 atom stereocenters. The van der Waals surface area contributed by atoms with Crippen LogP contribution in [0.1, 0.15) is 27.8 Å². The number of rotatable bonds is 3. The van der Waals surface area contributed by atoms with Crippen molar-refractivity contribution in [2.45, 2.75) is 34.6 Å². The van der Waals surface area contributed by atoms with Gasteiger partial charge in [-0.3, -0.25) is 0 Å². The summed E-state index contributed by atoms with van der Waals surface area (Å²) in [6, 6.07) is 46.1. The van der Waals surface area contributed by atoms with Gasteiger partial charge in [0.25, 0.3) is 0 Å². The molecule has 0 aliphatic carbocycles. The Bertz CT molecular complexity index is 1980. The molecule has 7 rings (SSSR count). The van der Waals surface area contributed by atoms with Gasteiger partial charge in [0.2, 0.25) is 0 Å². The molecule has 0 unspecified atom stereocenters. The Balaban J connectivity index is 0.000000430. The van der Waals surface area contributed by atoms with Crippen molar-refractivity contribution in [2.75, 3.05) is 0 Å². The molecule has 0 nitrogen and oxygen atoms in total. The number of hydrogen-bond acceptors (Lipinski definition) is 0. The SMILES string of the molecule is Cc1cc(C)c(-c2cc3c(-c4ccccc4)cccc3[cH-]2)c(C)c1.Cc1cc2c(-c3ccccc3)ccc(C)c2[cH-]1.Cl.Cl.[CH3-].[CH3-].[Si]=[Zr]. The third kappa shape index (κ3) is 9.33. The Labute approximate surface area is 312 Å². The Morgan fingerprint density at radius 1 is 0.511 bits per heavy atom. The minimum atomic E-state index is 0. The van der Waals surface area contributed by atoms with Crippen LogP contribution in [0.15, 0.2) is 127 Å². The first-order valence-corrected chi connectivity index (χ1v) is 18.9. The molecule has 242 valence electrons. The monoisotopic (exact) mass is 748 g/mol. The van der Waals surface area contributed by atoms with E-state index in [-0.39, 0.29) is 39.7 Å². The summed E-state index contributed by atoms with van der Waals surface area (Å²) in [7, 11) is 0. The fraction of sp³-hybridized carbons (Fsp3) is 0.116. The van der Waals surface area contributed by atoms with Crippen molar-refractivity contribution in [3.63, 3.8) is 0 Å². The predicted molar refractivity (Wildman–Crippen MR) is 212 cm³/mol. The van der Waals surface area contributed by atoms with Gasteiger partial charge in [-0.15, -0.1) is 93.4 Å². The first-order chi connectivity index (χ1) is 20.9. The van der Waals surface area contributed by atoms with Crippen LogP contribution in [0.3, 0.4) is 0 Å². The van der Waals surface area contributed by atoms with Crippen LogP contribution < -0.4 is 0 Å². The van der Waals surface area contributed by atoms with Gasteiger partial charge in [-0.05, 0) is 31.9 Å². The third-order valence-electron chi connectivity index (χ3n) is 8.14. The van der Waals surface area contributed by atoms with E-state index in [2.05, 4.69) is 169 Å². The molecule has 0 heterocycles. The van der Waals surface area contributed by atoms with Gasteiger partial charge in [-0.2, -0.15) is 6.07 Å². The summed E-state index contributed by atoms with van der Waals surface area (Å²) in [5.74, 6) is 0. The zero-order valence-corrected chi connectivity index (χ0v) is 33.5. The van der Waals surface area contributed by atoms with Gasteiger partial charge in [-0.1, -0.05) is 138 Å². The molecule has 47 heavy (non-hydrogen) atoms. The molecule has 7 aromatic rings. The Morgan fingerprint density at radius 3 is 1.60 bits per heavy atom. The van der Waals surface area contributed by atoms with Gasteiger partial charge < -0.3 is 14.9 Å². The van der Waals surface area contributed by atoms with E-state index in [1.54, 1.807) is 0 Å². The Morgan fingerprint density at radius 2 is 1.04 bits per heavy atom. The molecule has 0 amide bonds. The fourth-order valence-corrected chi connectivity index (χ4v) is 6.34. The van der Waals surface area contributed by atoms with Crippen LogP contribution in [-0.2, 0) is 23.3 Å². The number of fused-ring (bicyclic) bond motifs is 2. The topological polar surface area (TPSA) is 0 Å². The van der Waals surface area contributed by atoms with E-state index in [1.165, 1.54) is 106 Å². The van der Waals surface area contributed by atoms with Crippen LogP contribution in [0.4, 0.5) is 0 Å². The van der Waals surface area contributed by atoms with Gasteiger partial charge in [0, 0.05) is 0 Å². The average Bonchev–Trinajstić information content (AvgIpc) is 3.63. The summed E-state index contributed by atoms with van der Waals surface area (Å²) >= 11 is 1.36. The number of halogens is 2. The fourth-order valence-electron chi connectivity index (χ4n) is 6.34. The second-order valence-corrected chi connectivity index (χ2v) is 11.3. The molecular formula is C43H44Cl2SiZr-4. The molecule has 7 aromatic carbocycles. The van der Waals surface area contributed by atoms with Gasteiger partial charge in [-0.25, -0.2) is 0 Å². The van der Waals surface area contributed by atoms with Crippen molar-refractivity contribution < 1.29 is 23.3 Å². The standard InChI is InChI=1S/C24H21.C17H15.2CH3.2ClH.Si.Zr/c1-16-12-17(2)24(18(3)13-16)21-14-20-10-7-11-22(23(20)15-21)19-8-5-4-6-9-19;1-12-10-16-13(2)8-9-15(17(16)11-12)14-6-4-3-5-7-14;;;;;;/h4-15H,1-3H3;3-11H,1-2H3;2*1H3;2*1H;;/q4*-1;;;;. The maximum absolute atomic E-state index is 3.06. The zero-order valence-electron chi connectivity index (χ0n) is 28.4. The third-order valence-corrected chi connectivity index (χ3v) is 8.14. The van der Waals surface area contributed by atoms with Gasteiger partial charge in [0.1, 0.15) is 0 Å². The van der Waals surface area contributed by atoms with Crippen molar-refractivity contribution in [3.8, 4) is 33.4 Å². The first kappa shape index (κ1) is 42.0. The quantitative estimate of drug-likeness (QED) is 0.125. The molecule has 0 aliphatic heterocycles. The number of benzene rings is 5. The van der Waals surface area contributed by atoms with E-state index in [1.807, 2.05) is 0 Å². The molecule has 0 N–H and O–H groups in total. The summed E-state index contributed by atoms with van der Waals surface area (Å²) in [5, 5.41) is 5.39. The van der Waals surface area contributed by atoms with Crippen LogP contribution in [0.5, 0.6) is 0 Å². The van der Waals surface area contributed by atoms with Crippen LogP contribution >= 0.6 is 24.8 Å². The molecular weight excluding hydrogens is 707 g/mol. The summed E-state index contributed by atoms with van der Waals surface area (Å²) in [4.78, 5) is 0. The summed E-state index contributed by atoms with van der Waals surface area (Å²) < 4.78 is 0. The zero-order chi connectivity index (χ0) is 30.5. The van der Waals surface area contributed by atoms with E-state index >= 15 is 0 Å². The van der Waals surface area contributed by atoms with E-state index in [0.29, 0.717) is 0 Å². The van der Waals surface area contributed by atoms with Crippen LogP contribution in [-0.4, -0.2) is 6.88 Å². The van der Waals surface area contributed by atoms with Gasteiger partial charge in [0.15, 0.2) is 0 Å². The van der Waals surface area contributed by atoms with Gasteiger partial charge >= 0.3 is 30.2 Å². The molecule has 4 heteroatoms. The van der Waals surface area contributed by atoms with Crippen molar-refractivity contribution in [1.82, 2.24) is 0 Å². The molecule has 0 bridgehead atoms. The van der Waals surface area contributed by atoms with Crippen molar-refractivity contribution in [1.29, 1.82) is 0 Å². The normalized spacial score (nSPS) is 9.70. The summed E-state index contributed by atoms with van der Waals surface area (Å²) in [6.45, 7) is 14.0. The predicted octanol–water partition coefficient (Wildman–Crippen LogP) is 13.0. The second-order valence-electron chi connectivity index (χ2n) is 11.3. The Kier molecular flexibility index (Phi) is 17.1. The molecule has 0 saturated heterocycles. The molecule has 0 aliphatic rings. The van der Waals surface area contributed by atoms with E-state index in [0.717, 1.165) is 0 Å². The van der Waals surface area contributed by atoms with Crippen molar-refractivity contribution in [3.05, 3.63) is 170 Å². The number of aryl methyl sites for hydroxylation is 5. The van der Waals surface area contributed by atoms with Crippen LogP contribution in [0, 0.1) is 49.5 Å². The number of hydrogen-bond donors (Lipinski definition) is 0. The molecule has 2 radical (unpaired) electrons. The van der Waals surface area contributed by atoms with Gasteiger partial charge in [0.05, 0.1) is 0 Å². The van der Waals surface area contributed by atoms with E-state index in [4.69, 9.17) is 0 Å². The van der Waals surface area contributed by atoms with E-state index in [9.17, 15) is 0 Å². The van der Waals surface area contributed by atoms with Crippen molar-refractivity contribution >= 4 is 53.2 Å². The summed E-state index contributed by atoms with van der Waals surface area (Å²) in [5.41, 5.74) is 14.6. The first-order valence-electron chi connectivity index (χ1n) is 14.7. The van der Waals surface area contributed by atoms with Crippen molar-refractivity contribution in [2.24, 2.45) is 0 Å². The maximum atomic E-state index is 3.06. The average molecular weight is 751 g/mol. The molecule has 0 spiro atoms.